The molecule has 0 fully saturated rings. The molecule has 7 N–H and O–H groups in total. The monoisotopic (exact) mass is 353 g/mol. The van der Waals surface area contributed by atoms with Gasteiger partial charge in [0.2, 0.25) is 0 Å². The second-order valence-electron chi connectivity index (χ2n) is 5.67. The Morgan fingerprint density at radius 3 is 2.44 bits per heavy atom. The van der Waals surface area contributed by atoms with E-state index >= 15 is 0 Å². The maximum atomic E-state index is 11.6. The summed E-state index contributed by atoms with van der Waals surface area (Å²) in [4.78, 5) is 13.7. The second-order valence-corrected chi connectivity index (χ2v) is 5.67. The van der Waals surface area contributed by atoms with Crippen molar-refractivity contribution in [3.8, 4) is 0 Å². The normalized spacial score (nSPS) is 12.2. The number of amides is 1. The number of hydrogen-bond acceptors (Lipinski definition) is 7. The molecule has 8 nitrogen and oxygen atoms in total. The lowest BCUT2D eigenvalue weighted by Gasteiger charge is -2.22. The van der Waals surface area contributed by atoms with E-state index in [0.717, 1.165) is 25.2 Å². The largest absolute Gasteiger partial charge is 0.445 e. The molecule has 0 aliphatic carbocycles. The number of alkyl carbamates (subject to hydrolysis) is 1. The van der Waals surface area contributed by atoms with E-state index in [1.165, 1.54) is 0 Å². The van der Waals surface area contributed by atoms with Gasteiger partial charge in [-0.1, -0.05) is 30.3 Å². The first-order valence-electron chi connectivity index (χ1n) is 8.64. The van der Waals surface area contributed by atoms with Gasteiger partial charge in [-0.2, -0.15) is 0 Å². The van der Waals surface area contributed by atoms with Crippen molar-refractivity contribution in [2.24, 2.45) is 11.5 Å². The van der Waals surface area contributed by atoms with E-state index in [1.54, 1.807) is 0 Å². The third kappa shape index (κ3) is 10.7. The highest BCUT2D eigenvalue weighted by Gasteiger charge is 2.07. The van der Waals surface area contributed by atoms with Crippen LogP contribution in [0.4, 0.5) is 4.79 Å². The van der Waals surface area contributed by atoms with Crippen LogP contribution in [-0.4, -0.2) is 68.1 Å². The number of hydrogen-bond donors (Lipinski definition) is 5. The summed E-state index contributed by atoms with van der Waals surface area (Å²) in [5, 5.41) is 15.5. The SMILES string of the molecule is NCCN(CCN)CCNC(O)CCNC(=O)OCc1ccccc1. The second kappa shape index (κ2) is 13.6. The number of carbonyl (C=O) groups is 1. The molecule has 0 aliphatic rings. The van der Waals surface area contributed by atoms with Gasteiger partial charge in [0.1, 0.15) is 12.8 Å². The van der Waals surface area contributed by atoms with Gasteiger partial charge < -0.3 is 26.6 Å². The average molecular weight is 353 g/mol. The van der Waals surface area contributed by atoms with Crippen LogP contribution in [0.5, 0.6) is 0 Å². The van der Waals surface area contributed by atoms with Crippen molar-refractivity contribution in [1.29, 1.82) is 0 Å². The quantitative estimate of drug-likeness (QED) is 0.301. The van der Waals surface area contributed by atoms with Crippen LogP contribution in [0.3, 0.4) is 0 Å². The standard InChI is InChI=1S/C17H31N5O3/c18-7-11-22(12-8-19)13-10-20-16(23)6-9-21-17(24)25-14-15-4-2-1-3-5-15/h1-5,16,20,23H,6-14,18-19H2,(H,21,24). The fraction of sp³-hybridized carbons (Fsp3) is 0.588. The van der Waals surface area contributed by atoms with Crippen molar-refractivity contribution in [1.82, 2.24) is 15.5 Å². The summed E-state index contributed by atoms with van der Waals surface area (Å²) in [6.07, 6.45) is -0.783. The van der Waals surface area contributed by atoms with Crippen LogP contribution >= 0.6 is 0 Å². The number of aliphatic hydroxyl groups excluding tert-OH is 1. The Bertz CT molecular complexity index is 455. The molecule has 1 amide bonds. The predicted molar refractivity (Wildman–Crippen MR) is 97.8 cm³/mol. The summed E-state index contributed by atoms with van der Waals surface area (Å²) >= 11 is 0. The summed E-state index contributed by atoms with van der Waals surface area (Å²) in [6, 6.07) is 9.46. The van der Waals surface area contributed by atoms with Gasteiger partial charge in [0, 0.05) is 52.2 Å². The molecule has 0 aromatic heterocycles. The van der Waals surface area contributed by atoms with Crippen molar-refractivity contribution in [3.63, 3.8) is 0 Å². The van der Waals surface area contributed by atoms with E-state index in [0.29, 0.717) is 32.6 Å². The molecule has 0 bridgehead atoms. The summed E-state index contributed by atoms with van der Waals surface area (Å²) in [5.74, 6) is 0. The lowest BCUT2D eigenvalue weighted by Crippen LogP contribution is -2.42. The molecule has 0 radical (unpaired) electrons. The number of nitrogens with two attached hydrogens (primary N) is 2. The van der Waals surface area contributed by atoms with Crippen molar-refractivity contribution < 1.29 is 14.6 Å². The highest BCUT2D eigenvalue weighted by atomic mass is 16.5. The van der Waals surface area contributed by atoms with E-state index in [-0.39, 0.29) is 6.61 Å². The zero-order valence-corrected chi connectivity index (χ0v) is 14.7. The minimum atomic E-state index is -0.688. The van der Waals surface area contributed by atoms with Gasteiger partial charge in [-0.25, -0.2) is 4.79 Å². The number of ether oxygens (including phenoxy) is 1. The van der Waals surface area contributed by atoms with Crippen LogP contribution in [0.25, 0.3) is 0 Å². The molecule has 25 heavy (non-hydrogen) atoms. The molecule has 1 unspecified atom stereocenters. The highest BCUT2D eigenvalue weighted by molar-refractivity contribution is 5.67. The molecule has 1 aromatic carbocycles. The Kier molecular flexibility index (Phi) is 11.6. The van der Waals surface area contributed by atoms with Gasteiger partial charge in [-0.3, -0.25) is 10.2 Å². The van der Waals surface area contributed by atoms with Gasteiger partial charge in [-0.05, 0) is 5.56 Å². The maximum absolute atomic E-state index is 11.6. The summed E-state index contributed by atoms with van der Waals surface area (Å²) < 4.78 is 5.09. The molecule has 0 spiro atoms. The zero-order chi connectivity index (χ0) is 18.3. The molecule has 0 heterocycles. The maximum Gasteiger partial charge on any atom is 0.407 e. The lowest BCUT2D eigenvalue weighted by atomic mass is 10.2. The number of carbonyl (C=O) groups excluding carboxylic acids is 1. The Morgan fingerprint density at radius 1 is 1.12 bits per heavy atom. The molecule has 8 heteroatoms. The number of aliphatic hydroxyl groups is 1. The number of nitrogens with zero attached hydrogens (tertiary/aromatic N) is 1. The molecule has 0 saturated carbocycles. The molecule has 0 aliphatic heterocycles. The lowest BCUT2D eigenvalue weighted by molar-refractivity contribution is 0.116. The Morgan fingerprint density at radius 2 is 1.80 bits per heavy atom. The van der Waals surface area contributed by atoms with E-state index in [1.807, 2.05) is 30.3 Å². The first kappa shape index (κ1) is 21.3. The fourth-order valence-electron chi connectivity index (χ4n) is 2.28. The van der Waals surface area contributed by atoms with Gasteiger partial charge in [-0.15, -0.1) is 0 Å². The third-order valence-corrected chi connectivity index (χ3v) is 3.60. The van der Waals surface area contributed by atoms with E-state index in [2.05, 4.69) is 15.5 Å². The number of benzene rings is 1. The van der Waals surface area contributed by atoms with Gasteiger partial charge >= 0.3 is 6.09 Å². The average Bonchev–Trinajstić information content (AvgIpc) is 2.61. The van der Waals surface area contributed by atoms with Crippen molar-refractivity contribution in [3.05, 3.63) is 35.9 Å². The Hall–Kier alpha value is -1.71. The molecule has 142 valence electrons. The van der Waals surface area contributed by atoms with E-state index in [9.17, 15) is 9.90 Å². The van der Waals surface area contributed by atoms with Crippen molar-refractivity contribution >= 4 is 6.09 Å². The number of nitrogens with one attached hydrogen (secondary N) is 2. The molecule has 1 rings (SSSR count). The van der Waals surface area contributed by atoms with Crippen LogP contribution in [0.1, 0.15) is 12.0 Å². The van der Waals surface area contributed by atoms with Crippen LogP contribution in [0.2, 0.25) is 0 Å². The van der Waals surface area contributed by atoms with Crippen LogP contribution in [0.15, 0.2) is 30.3 Å². The zero-order valence-electron chi connectivity index (χ0n) is 14.7. The van der Waals surface area contributed by atoms with Crippen LogP contribution in [0, 0.1) is 0 Å². The predicted octanol–water partition coefficient (Wildman–Crippen LogP) is -0.570. The molecular formula is C17H31N5O3. The molecular weight excluding hydrogens is 322 g/mol. The van der Waals surface area contributed by atoms with Crippen molar-refractivity contribution in [2.45, 2.75) is 19.3 Å². The Labute approximate surface area is 149 Å². The van der Waals surface area contributed by atoms with E-state index in [4.69, 9.17) is 16.2 Å². The fourth-order valence-corrected chi connectivity index (χ4v) is 2.28. The molecule has 1 atom stereocenters. The summed E-state index contributed by atoms with van der Waals surface area (Å²) in [6.45, 7) is 4.67. The summed E-state index contributed by atoms with van der Waals surface area (Å²) in [5.41, 5.74) is 12.0. The molecule has 0 saturated heterocycles. The highest BCUT2D eigenvalue weighted by Crippen LogP contribution is 2.00. The minimum absolute atomic E-state index is 0.228. The topological polar surface area (TPSA) is 126 Å². The number of rotatable bonds is 13. The first-order valence-corrected chi connectivity index (χ1v) is 8.64. The first-order chi connectivity index (χ1) is 12.2. The van der Waals surface area contributed by atoms with Gasteiger partial charge in [0.15, 0.2) is 0 Å². The van der Waals surface area contributed by atoms with Gasteiger partial charge in [0.05, 0.1) is 0 Å². The molecule has 1 aromatic rings. The van der Waals surface area contributed by atoms with E-state index < -0.39 is 12.3 Å². The van der Waals surface area contributed by atoms with Gasteiger partial charge in [0.25, 0.3) is 0 Å². The van der Waals surface area contributed by atoms with Crippen LogP contribution in [-0.2, 0) is 11.3 Å². The Balaban J connectivity index is 2.07. The summed E-state index contributed by atoms with van der Waals surface area (Å²) in [7, 11) is 0. The van der Waals surface area contributed by atoms with Crippen molar-refractivity contribution in [2.75, 3.05) is 45.8 Å². The smallest absolute Gasteiger partial charge is 0.407 e. The third-order valence-electron chi connectivity index (χ3n) is 3.60. The minimum Gasteiger partial charge on any atom is -0.445 e. The van der Waals surface area contributed by atoms with Crippen LogP contribution < -0.4 is 22.1 Å².